The standard InChI is InChI=1S/C17H21N3O5/c1-17(2)24-15-13(21-8-10-6-4-3-5-7-10)14(23-16(15)25-17)12-11(9-22-12)19-20-18/h3-7,11-16H,8-9H2,1-2H3/t11-,12-,13+,14-,15-,16-/m1/s1. The van der Waals surface area contributed by atoms with Gasteiger partial charge < -0.3 is 23.7 Å². The lowest BCUT2D eigenvalue weighted by atomic mass is 9.96. The molecular formula is C17H21N3O5. The molecule has 134 valence electrons. The van der Waals surface area contributed by atoms with Crippen LogP contribution < -0.4 is 0 Å². The van der Waals surface area contributed by atoms with E-state index < -0.39 is 18.2 Å². The van der Waals surface area contributed by atoms with Crippen LogP contribution in [-0.2, 0) is 30.3 Å². The molecule has 3 heterocycles. The highest BCUT2D eigenvalue weighted by Gasteiger charge is 2.59. The Morgan fingerprint density at radius 1 is 1.20 bits per heavy atom. The quantitative estimate of drug-likeness (QED) is 0.463. The first kappa shape index (κ1) is 16.8. The van der Waals surface area contributed by atoms with E-state index in [1.807, 2.05) is 44.2 Å². The van der Waals surface area contributed by atoms with E-state index in [2.05, 4.69) is 10.0 Å². The van der Waals surface area contributed by atoms with Crippen LogP contribution in [-0.4, -0.2) is 49.1 Å². The molecule has 0 aromatic heterocycles. The summed E-state index contributed by atoms with van der Waals surface area (Å²) in [4.78, 5) is 2.88. The third-order valence-corrected chi connectivity index (χ3v) is 4.67. The first-order chi connectivity index (χ1) is 12.1. The Labute approximate surface area is 145 Å². The summed E-state index contributed by atoms with van der Waals surface area (Å²) in [6, 6.07) is 9.64. The van der Waals surface area contributed by atoms with Crippen molar-refractivity contribution in [3.8, 4) is 0 Å². The fourth-order valence-electron chi connectivity index (χ4n) is 3.50. The van der Waals surface area contributed by atoms with Crippen LogP contribution in [0, 0.1) is 0 Å². The van der Waals surface area contributed by atoms with Crippen LogP contribution in [0.15, 0.2) is 35.4 Å². The third kappa shape index (κ3) is 3.25. The summed E-state index contributed by atoms with van der Waals surface area (Å²) in [5, 5.41) is 3.77. The van der Waals surface area contributed by atoms with Gasteiger partial charge in [0.05, 0.1) is 25.4 Å². The van der Waals surface area contributed by atoms with E-state index in [1.165, 1.54) is 0 Å². The van der Waals surface area contributed by atoms with Crippen LogP contribution in [0.1, 0.15) is 19.4 Å². The van der Waals surface area contributed by atoms with Crippen molar-refractivity contribution in [1.82, 2.24) is 0 Å². The van der Waals surface area contributed by atoms with E-state index in [0.717, 1.165) is 5.56 Å². The Balaban J connectivity index is 1.51. The number of hydrogen-bond acceptors (Lipinski definition) is 6. The van der Waals surface area contributed by atoms with Crippen molar-refractivity contribution in [3.63, 3.8) is 0 Å². The first-order valence-electron chi connectivity index (χ1n) is 8.40. The number of rotatable bonds is 5. The molecule has 0 spiro atoms. The van der Waals surface area contributed by atoms with Gasteiger partial charge in [-0.3, -0.25) is 0 Å². The van der Waals surface area contributed by atoms with Crippen molar-refractivity contribution in [1.29, 1.82) is 0 Å². The molecule has 1 aromatic rings. The van der Waals surface area contributed by atoms with Crippen molar-refractivity contribution >= 4 is 0 Å². The van der Waals surface area contributed by atoms with Crippen LogP contribution in [0.2, 0.25) is 0 Å². The second kappa shape index (κ2) is 6.57. The van der Waals surface area contributed by atoms with Gasteiger partial charge >= 0.3 is 0 Å². The summed E-state index contributed by atoms with van der Waals surface area (Å²) >= 11 is 0. The maximum atomic E-state index is 8.69. The van der Waals surface area contributed by atoms with E-state index in [-0.39, 0.29) is 24.4 Å². The molecule has 8 heteroatoms. The summed E-state index contributed by atoms with van der Waals surface area (Å²) in [7, 11) is 0. The molecule has 8 nitrogen and oxygen atoms in total. The predicted molar refractivity (Wildman–Crippen MR) is 86.4 cm³/mol. The lowest BCUT2D eigenvalue weighted by Crippen LogP contribution is -2.55. The largest absolute Gasteiger partial charge is 0.374 e. The Morgan fingerprint density at radius 2 is 2.00 bits per heavy atom. The van der Waals surface area contributed by atoms with Gasteiger partial charge in [-0.1, -0.05) is 35.4 Å². The normalized spacial score (nSPS) is 38.6. The lowest BCUT2D eigenvalue weighted by Gasteiger charge is -2.40. The van der Waals surface area contributed by atoms with Gasteiger partial charge in [-0.2, -0.15) is 0 Å². The lowest BCUT2D eigenvalue weighted by molar-refractivity contribution is -0.249. The fourth-order valence-corrected chi connectivity index (χ4v) is 3.50. The minimum absolute atomic E-state index is 0.260. The second-order valence-electron chi connectivity index (χ2n) is 6.90. The maximum Gasteiger partial charge on any atom is 0.190 e. The zero-order chi connectivity index (χ0) is 17.4. The highest BCUT2D eigenvalue weighted by Crippen LogP contribution is 2.42. The molecular weight excluding hydrogens is 326 g/mol. The van der Waals surface area contributed by atoms with E-state index in [0.29, 0.717) is 13.2 Å². The molecule has 6 atom stereocenters. The minimum atomic E-state index is -0.723. The van der Waals surface area contributed by atoms with Gasteiger partial charge in [-0.15, -0.1) is 0 Å². The number of ether oxygens (including phenoxy) is 5. The van der Waals surface area contributed by atoms with E-state index in [4.69, 9.17) is 29.2 Å². The van der Waals surface area contributed by atoms with Crippen molar-refractivity contribution in [2.24, 2.45) is 5.11 Å². The molecule has 0 saturated carbocycles. The van der Waals surface area contributed by atoms with Crippen molar-refractivity contribution in [3.05, 3.63) is 46.3 Å². The molecule has 0 N–H and O–H groups in total. The Kier molecular flexibility index (Phi) is 4.41. The van der Waals surface area contributed by atoms with Crippen LogP contribution in [0.3, 0.4) is 0 Å². The molecule has 0 aliphatic carbocycles. The van der Waals surface area contributed by atoms with Gasteiger partial charge in [0.25, 0.3) is 0 Å². The molecule has 1 aromatic carbocycles. The fraction of sp³-hybridized carbons (Fsp3) is 0.647. The predicted octanol–water partition coefficient (Wildman–Crippen LogP) is 2.53. The third-order valence-electron chi connectivity index (χ3n) is 4.67. The Hall–Kier alpha value is -1.67. The second-order valence-corrected chi connectivity index (χ2v) is 6.90. The first-order valence-corrected chi connectivity index (χ1v) is 8.40. The van der Waals surface area contributed by atoms with Crippen LogP contribution in [0.4, 0.5) is 0 Å². The molecule has 3 aliphatic heterocycles. The molecule has 0 unspecified atom stereocenters. The zero-order valence-corrected chi connectivity index (χ0v) is 14.1. The highest BCUT2D eigenvalue weighted by molar-refractivity contribution is 5.14. The summed E-state index contributed by atoms with van der Waals surface area (Å²) in [5.74, 6) is -0.723. The van der Waals surface area contributed by atoms with Crippen molar-refractivity contribution < 1.29 is 23.7 Å². The summed E-state index contributed by atoms with van der Waals surface area (Å²) in [6.07, 6.45) is -1.98. The van der Waals surface area contributed by atoms with Crippen molar-refractivity contribution in [2.75, 3.05) is 6.61 Å². The Bertz CT molecular complexity index is 664. The van der Waals surface area contributed by atoms with Gasteiger partial charge in [0.1, 0.15) is 18.3 Å². The molecule has 0 radical (unpaired) electrons. The van der Waals surface area contributed by atoms with E-state index >= 15 is 0 Å². The van der Waals surface area contributed by atoms with E-state index in [9.17, 15) is 0 Å². The molecule has 3 saturated heterocycles. The topological polar surface area (TPSA) is 94.9 Å². The molecule has 3 aliphatic rings. The van der Waals surface area contributed by atoms with Gasteiger partial charge in [-0.25, -0.2) is 0 Å². The minimum Gasteiger partial charge on any atom is -0.374 e. The SMILES string of the molecule is CC1(C)O[C@H]2O[C@H]([C@@H]3OC[C@H]3N=[N+]=[N-])[C@H](OCc3ccccc3)[C@H]2O1. The highest BCUT2D eigenvalue weighted by atomic mass is 16.8. The smallest absolute Gasteiger partial charge is 0.190 e. The molecule has 0 amide bonds. The van der Waals surface area contributed by atoms with Gasteiger partial charge in [0.15, 0.2) is 12.1 Å². The molecule has 3 fully saturated rings. The van der Waals surface area contributed by atoms with Crippen LogP contribution in [0.5, 0.6) is 0 Å². The molecule has 25 heavy (non-hydrogen) atoms. The van der Waals surface area contributed by atoms with Crippen LogP contribution >= 0.6 is 0 Å². The number of benzene rings is 1. The summed E-state index contributed by atoms with van der Waals surface area (Å²) in [5.41, 5.74) is 9.75. The van der Waals surface area contributed by atoms with Gasteiger partial charge in [0.2, 0.25) is 0 Å². The van der Waals surface area contributed by atoms with Crippen molar-refractivity contribution in [2.45, 2.75) is 63.0 Å². The average molecular weight is 347 g/mol. The van der Waals surface area contributed by atoms with E-state index in [1.54, 1.807) is 0 Å². The van der Waals surface area contributed by atoms with Gasteiger partial charge in [0, 0.05) is 4.91 Å². The molecule has 0 bridgehead atoms. The van der Waals surface area contributed by atoms with Crippen LogP contribution in [0.25, 0.3) is 10.4 Å². The van der Waals surface area contributed by atoms with Gasteiger partial charge in [-0.05, 0) is 24.9 Å². The monoisotopic (exact) mass is 347 g/mol. The number of hydrogen-bond donors (Lipinski definition) is 0. The number of nitrogens with zero attached hydrogens (tertiary/aromatic N) is 3. The number of fused-ring (bicyclic) bond motifs is 1. The zero-order valence-electron chi connectivity index (χ0n) is 14.1. The summed E-state index contributed by atoms with van der Waals surface area (Å²) < 4.78 is 29.6. The maximum absolute atomic E-state index is 8.69. The average Bonchev–Trinajstić information content (AvgIpc) is 3.02. The Morgan fingerprint density at radius 3 is 2.68 bits per heavy atom. The molecule has 4 rings (SSSR count). The number of azide groups is 1. The summed E-state index contributed by atoms with van der Waals surface area (Å²) in [6.45, 7) is 4.51.